The second kappa shape index (κ2) is 7.92. The van der Waals surface area contributed by atoms with Gasteiger partial charge < -0.3 is 9.64 Å². The average Bonchev–Trinajstić information content (AvgIpc) is 2.37. The van der Waals surface area contributed by atoms with E-state index in [0.717, 1.165) is 15.4 Å². The highest BCUT2D eigenvalue weighted by molar-refractivity contribution is 9.10. The molecule has 0 unspecified atom stereocenters. The quantitative estimate of drug-likeness (QED) is 0.711. The van der Waals surface area contributed by atoms with Crippen LogP contribution in [0.5, 0.6) is 0 Å². The van der Waals surface area contributed by atoms with E-state index >= 15 is 0 Å². The highest BCUT2D eigenvalue weighted by atomic mass is 79.9. The van der Waals surface area contributed by atoms with E-state index in [1.807, 2.05) is 25.1 Å². The molecule has 0 spiro atoms. The molecule has 1 amide bonds. The number of alkyl halides is 1. The van der Waals surface area contributed by atoms with Crippen molar-refractivity contribution in [2.45, 2.75) is 6.92 Å². The van der Waals surface area contributed by atoms with Crippen molar-refractivity contribution in [3.05, 3.63) is 33.8 Å². The number of carbonyl (C=O) groups excluding carboxylic acids is 1. The molecule has 0 atom stereocenters. The first-order chi connectivity index (χ1) is 8.61. The van der Waals surface area contributed by atoms with Crippen LogP contribution in [0.4, 0.5) is 0 Å². The number of methoxy groups -OCH3 is 1. The van der Waals surface area contributed by atoms with E-state index in [4.69, 9.17) is 4.74 Å². The van der Waals surface area contributed by atoms with Gasteiger partial charge in [0.25, 0.3) is 5.91 Å². The first-order valence-electron chi connectivity index (χ1n) is 5.71. The third-order valence-electron chi connectivity index (χ3n) is 2.63. The van der Waals surface area contributed by atoms with Gasteiger partial charge in [0, 0.05) is 30.0 Å². The summed E-state index contributed by atoms with van der Waals surface area (Å²) < 4.78 is 5.91. The van der Waals surface area contributed by atoms with Crippen molar-refractivity contribution < 1.29 is 9.53 Å². The van der Waals surface area contributed by atoms with Crippen LogP contribution in [0, 0.1) is 6.92 Å². The number of amides is 1. The summed E-state index contributed by atoms with van der Waals surface area (Å²) in [5, 5.41) is 0.756. The van der Waals surface area contributed by atoms with Gasteiger partial charge in [0.2, 0.25) is 0 Å². The summed E-state index contributed by atoms with van der Waals surface area (Å²) in [5.41, 5.74) is 1.76. The molecule has 0 saturated carbocycles. The van der Waals surface area contributed by atoms with Crippen LogP contribution in [0.3, 0.4) is 0 Å². The largest absolute Gasteiger partial charge is 0.383 e. The molecule has 1 aromatic carbocycles. The number of aryl methyl sites for hydroxylation is 1. The average molecular weight is 379 g/mol. The van der Waals surface area contributed by atoms with Gasteiger partial charge in [-0.2, -0.15) is 0 Å². The maximum Gasteiger partial charge on any atom is 0.255 e. The third kappa shape index (κ3) is 4.07. The molecule has 0 fully saturated rings. The molecule has 0 saturated heterocycles. The Hall–Kier alpha value is -0.390. The van der Waals surface area contributed by atoms with E-state index in [2.05, 4.69) is 31.9 Å². The van der Waals surface area contributed by atoms with Crippen LogP contribution in [0.2, 0.25) is 0 Å². The predicted octanol–water partition coefficient (Wildman–Crippen LogP) is 3.24. The fourth-order valence-corrected chi connectivity index (χ4v) is 2.46. The molecular weight excluding hydrogens is 362 g/mol. The minimum atomic E-state index is 0.0297. The Morgan fingerprint density at radius 2 is 2.11 bits per heavy atom. The number of carbonyl (C=O) groups is 1. The third-order valence-corrected chi connectivity index (χ3v) is 4.04. The Morgan fingerprint density at radius 3 is 2.72 bits per heavy atom. The Labute approximate surface area is 125 Å². The molecule has 0 N–H and O–H groups in total. The molecule has 3 nitrogen and oxygen atoms in total. The second-order valence-corrected chi connectivity index (χ2v) is 5.50. The molecule has 0 aromatic heterocycles. The Morgan fingerprint density at radius 1 is 1.39 bits per heavy atom. The molecule has 1 rings (SSSR count). The molecule has 1 aromatic rings. The normalized spacial score (nSPS) is 10.4. The zero-order chi connectivity index (χ0) is 13.5. The van der Waals surface area contributed by atoms with Crippen LogP contribution in [0.1, 0.15) is 15.9 Å². The molecule has 0 radical (unpaired) electrons. The molecule has 0 aliphatic carbocycles. The zero-order valence-corrected chi connectivity index (χ0v) is 13.8. The van der Waals surface area contributed by atoms with E-state index in [9.17, 15) is 4.79 Å². The lowest BCUT2D eigenvalue weighted by Gasteiger charge is -2.22. The van der Waals surface area contributed by atoms with Crippen LogP contribution < -0.4 is 0 Å². The van der Waals surface area contributed by atoms with Gasteiger partial charge in [-0.1, -0.05) is 28.1 Å². The van der Waals surface area contributed by atoms with Gasteiger partial charge in [0.05, 0.1) is 12.2 Å². The van der Waals surface area contributed by atoms with Gasteiger partial charge in [-0.05, 0) is 34.5 Å². The molecule has 0 bridgehead atoms. The van der Waals surface area contributed by atoms with Crippen LogP contribution in [-0.4, -0.2) is 42.9 Å². The summed E-state index contributed by atoms with van der Waals surface area (Å²) in [6.07, 6.45) is 0. The predicted molar refractivity (Wildman–Crippen MR) is 80.5 cm³/mol. The molecule has 0 heterocycles. The lowest BCUT2D eigenvalue weighted by molar-refractivity contribution is 0.0708. The van der Waals surface area contributed by atoms with E-state index < -0.39 is 0 Å². The van der Waals surface area contributed by atoms with Crippen molar-refractivity contribution in [3.63, 3.8) is 0 Å². The highest BCUT2D eigenvalue weighted by Crippen LogP contribution is 2.22. The summed E-state index contributed by atoms with van der Waals surface area (Å²) >= 11 is 6.85. The van der Waals surface area contributed by atoms with Crippen molar-refractivity contribution in [1.29, 1.82) is 0 Å². The fourth-order valence-electron chi connectivity index (χ4n) is 1.60. The summed E-state index contributed by atoms with van der Waals surface area (Å²) in [5.74, 6) is 0.0297. The smallest absolute Gasteiger partial charge is 0.255 e. The number of nitrogens with zero attached hydrogens (tertiary/aromatic N) is 1. The van der Waals surface area contributed by atoms with Crippen molar-refractivity contribution in [2.24, 2.45) is 0 Å². The lowest BCUT2D eigenvalue weighted by Crippen LogP contribution is -2.35. The number of ether oxygens (including phenoxy) is 1. The van der Waals surface area contributed by atoms with Gasteiger partial charge >= 0.3 is 0 Å². The van der Waals surface area contributed by atoms with E-state index in [-0.39, 0.29) is 5.91 Å². The van der Waals surface area contributed by atoms with E-state index in [0.29, 0.717) is 25.3 Å². The monoisotopic (exact) mass is 377 g/mol. The summed E-state index contributed by atoms with van der Waals surface area (Å²) in [6.45, 7) is 3.79. The van der Waals surface area contributed by atoms with Gasteiger partial charge in [0.15, 0.2) is 0 Å². The highest BCUT2D eigenvalue weighted by Gasteiger charge is 2.18. The Bertz CT molecular complexity index is 410. The Balaban J connectivity index is 2.90. The van der Waals surface area contributed by atoms with Crippen LogP contribution in [0.15, 0.2) is 22.7 Å². The minimum absolute atomic E-state index is 0.0297. The maximum absolute atomic E-state index is 12.4. The number of benzene rings is 1. The molecule has 0 aliphatic heterocycles. The number of hydrogen-bond acceptors (Lipinski definition) is 2. The van der Waals surface area contributed by atoms with Crippen molar-refractivity contribution in [2.75, 3.05) is 32.1 Å². The summed E-state index contributed by atoms with van der Waals surface area (Å²) in [4.78, 5) is 14.2. The number of rotatable bonds is 6. The number of halogens is 2. The van der Waals surface area contributed by atoms with Crippen molar-refractivity contribution >= 4 is 37.8 Å². The minimum Gasteiger partial charge on any atom is -0.383 e. The molecule has 5 heteroatoms. The van der Waals surface area contributed by atoms with E-state index in [1.165, 1.54) is 0 Å². The molecule has 18 heavy (non-hydrogen) atoms. The van der Waals surface area contributed by atoms with Gasteiger partial charge in [-0.3, -0.25) is 4.79 Å². The lowest BCUT2D eigenvalue weighted by atomic mass is 10.1. The van der Waals surface area contributed by atoms with Gasteiger partial charge in [-0.25, -0.2) is 0 Å². The fraction of sp³-hybridized carbons (Fsp3) is 0.462. The second-order valence-electron chi connectivity index (χ2n) is 3.91. The van der Waals surface area contributed by atoms with Crippen LogP contribution in [0.25, 0.3) is 0 Å². The number of hydrogen-bond donors (Lipinski definition) is 0. The van der Waals surface area contributed by atoms with Crippen molar-refractivity contribution in [1.82, 2.24) is 4.90 Å². The maximum atomic E-state index is 12.4. The SMILES string of the molecule is COCCN(CCBr)C(=O)c1cccc(C)c1Br. The van der Waals surface area contributed by atoms with Gasteiger partial charge in [0.1, 0.15) is 0 Å². The summed E-state index contributed by atoms with van der Waals surface area (Å²) in [6, 6.07) is 5.72. The first-order valence-corrected chi connectivity index (χ1v) is 7.62. The molecule has 100 valence electrons. The van der Waals surface area contributed by atoms with Crippen molar-refractivity contribution in [3.8, 4) is 0 Å². The first kappa shape index (κ1) is 15.7. The molecule has 0 aliphatic rings. The molecular formula is C13H17Br2NO2. The zero-order valence-electron chi connectivity index (χ0n) is 10.6. The van der Waals surface area contributed by atoms with E-state index in [1.54, 1.807) is 12.0 Å². The Kier molecular flexibility index (Phi) is 6.89. The standard InChI is InChI=1S/C13H17Br2NO2/c1-10-4-3-5-11(12(10)15)13(17)16(7-6-14)8-9-18-2/h3-5H,6-9H2,1-2H3. The topological polar surface area (TPSA) is 29.5 Å². The van der Waals surface area contributed by atoms with Crippen LogP contribution in [-0.2, 0) is 4.74 Å². The summed E-state index contributed by atoms with van der Waals surface area (Å²) in [7, 11) is 1.64. The van der Waals surface area contributed by atoms with Crippen LogP contribution >= 0.6 is 31.9 Å². The van der Waals surface area contributed by atoms with Gasteiger partial charge in [-0.15, -0.1) is 0 Å².